The van der Waals surface area contributed by atoms with E-state index in [1.165, 1.54) is 25.1 Å². The number of anilines is 1. The van der Waals surface area contributed by atoms with Crippen LogP contribution in [0.1, 0.15) is 12.5 Å². The number of hydrogen-bond donors (Lipinski definition) is 2. The van der Waals surface area contributed by atoms with Gasteiger partial charge in [-0.1, -0.05) is 23.7 Å². The van der Waals surface area contributed by atoms with Gasteiger partial charge in [-0.3, -0.25) is 24.6 Å². The zero-order valence-corrected chi connectivity index (χ0v) is 17.4. The number of carbonyl (C=O) groups excluding carboxylic acids is 3. The molecule has 0 saturated carbocycles. The molecule has 2 N–H and O–H groups in total. The van der Waals surface area contributed by atoms with Crippen molar-refractivity contribution >= 4 is 40.8 Å². The number of hydrogen-bond acceptors (Lipinski definition) is 6. The van der Waals surface area contributed by atoms with Crippen LogP contribution in [0, 0.1) is 10.1 Å². The van der Waals surface area contributed by atoms with Crippen molar-refractivity contribution in [3.63, 3.8) is 0 Å². The molecular formula is C19H14ClF3N4O6. The first-order chi connectivity index (χ1) is 15.3. The predicted octanol–water partition coefficient (Wildman–Crippen LogP) is 3.55. The Labute approximate surface area is 188 Å². The van der Waals surface area contributed by atoms with Crippen LogP contribution in [0.5, 0.6) is 5.75 Å². The second-order valence-electron chi connectivity index (χ2n) is 6.99. The highest BCUT2D eigenvalue weighted by Crippen LogP contribution is 2.32. The van der Waals surface area contributed by atoms with Crippen LogP contribution in [0.25, 0.3) is 0 Å². The molecule has 3 rings (SSSR count). The molecule has 174 valence electrons. The first-order valence-corrected chi connectivity index (χ1v) is 9.42. The standard InChI is InChI=1S/C19H14ClF3N4O6/c1-18(10-2-5-12(6-3-10)33-19(21,22)23)16(29)26(17(30)25-18)9-15(28)24-14-7-4-11(27(31)32)8-13(14)20/h2-8H,9H2,1H3,(H,24,28)(H,25,30). The normalized spacial score (nSPS) is 18.2. The monoisotopic (exact) mass is 486 g/mol. The molecule has 1 saturated heterocycles. The van der Waals surface area contributed by atoms with Gasteiger partial charge in [0.2, 0.25) is 5.91 Å². The van der Waals surface area contributed by atoms with E-state index >= 15 is 0 Å². The molecule has 33 heavy (non-hydrogen) atoms. The lowest BCUT2D eigenvalue weighted by Crippen LogP contribution is -2.42. The molecule has 0 aromatic heterocycles. The molecule has 1 atom stereocenters. The van der Waals surface area contributed by atoms with Crippen LogP contribution in [0.4, 0.5) is 29.3 Å². The third kappa shape index (κ3) is 5.14. The van der Waals surface area contributed by atoms with E-state index < -0.39 is 47.0 Å². The molecule has 4 amide bonds. The van der Waals surface area contributed by atoms with Crippen molar-refractivity contribution in [1.29, 1.82) is 0 Å². The number of rotatable bonds is 6. The Balaban J connectivity index is 1.72. The van der Waals surface area contributed by atoms with Gasteiger partial charge in [0.05, 0.1) is 15.6 Å². The molecule has 1 fully saturated rings. The van der Waals surface area contributed by atoms with Gasteiger partial charge in [-0.25, -0.2) is 4.79 Å². The number of non-ortho nitro benzene ring substituents is 1. The first-order valence-electron chi connectivity index (χ1n) is 9.04. The summed E-state index contributed by atoms with van der Waals surface area (Å²) >= 11 is 5.91. The summed E-state index contributed by atoms with van der Waals surface area (Å²) in [5, 5.41) is 15.4. The van der Waals surface area contributed by atoms with Gasteiger partial charge >= 0.3 is 12.4 Å². The van der Waals surface area contributed by atoms with Gasteiger partial charge < -0.3 is 15.4 Å². The molecule has 0 spiro atoms. The lowest BCUT2D eigenvalue weighted by Gasteiger charge is -2.22. The lowest BCUT2D eigenvalue weighted by atomic mass is 9.92. The molecule has 1 heterocycles. The Morgan fingerprint density at radius 2 is 1.88 bits per heavy atom. The maximum absolute atomic E-state index is 12.9. The molecule has 14 heteroatoms. The highest BCUT2D eigenvalue weighted by molar-refractivity contribution is 6.34. The van der Waals surface area contributed by atoms with Gasteiger partial charge in [0, 0.05) is 12.1 Å². The molecule has 1 unspecified atom stereocenters. The number of carbonyl (C=O) groups is 3. The largest absolute Gasteiger partial charge is 0.573 e. The fourth-order valence-corrected chi connectivity index (χ4v) is 3.30. The molecule has 0 aliphatic carbocycles. The number of benzene rings is 2. The summed E-state index contributed by atoms with van der Waals surface area (Å²) in [6.07, 6.45) is -4.89. The van der Waals surface area contributed by atoms with Gasteiger partial charge in [-0.2, -0.15) is 0 Å². The molecule has 2 aromatic rings. The van der Waals surface area contributed by atoms with Crippen LogP contribution < -0.4 is 15.4 Å². The SMILES string of the molecule is CC1(c2ccc(OC(F)(F)F)cc2)NC(=O)N(CC(=O)Nc2ccc([N+](=O)[O-])cc2Cl)C1=O. The van der Waals surface area contributed by atoms with Crippen molar-refractivity contribution in [2.75, 3.05) is 11.9 Å². The highest BCUT2D eigenvalue weighted by Gasteiger charge is 2.49. The summed E-state index contributed by atoms with van der Waals surface area (Å²) in [5.41, 5.74) is -1.74. The fourth-order valence-electron chi connectivity index (χ4n) is 3.08. The molecule has 1 aliphatic rings. The van der Waals surface area contributed by atoms with E-state index in [2.05, 4.69) is 15.4 Å². The average molecular weight is 487 g/mol. The zero-order valence-electron chi connectivity index (χ0n) is 16.6. The van der Waals surface area contributed by atoms with Crippen molar-refractivity contribution < 1.29 is 37.2 Å². The number of ether oxygens (including phenoxy) is 1. The van der Waals surface area contributed by atoms with E-state index in [0.717, 1.165) is 24.3 Å². The molecule has 0 bridgehead atoms. The number of imide groups is 1. The third-order valence-corrected chi connectivity index (χ3v) is 4.99. The minimum absolute atomic E-state index is 0.0299. The van der Waals surface area contributed by atoms with Crippen LogP contribution in [0.3, 0.4) is 0 Å². The van der Waals surface area contributed by atoms with Crippen molar-refractivity contribution in [2.45, 2.75) is 18.8 Å². The van der Waals surface area contributed by atoms with E-state index in [-0.39, 0.29) is 22.0 Å². The second-order valence-corrected chi connectivity index (χ2v) is 7.40. The summed E-state index contributed by atoms with van der Waals surface area (Å²) in [5.74, 6) is -2.14. The predicted molar refractivity (Wildman–Crippen MR) is 107 cm³/mol. The lowest BCUT2D eigenvalue weighted by molar-refractivity contribution is -0.384. The summed E-state index contributed by atoms with van der Waals surface area (Å²) in [6.45, 7) is 0.626. The smallest absolute Gasteiger partial charge is 0.406 e. The van der Waals surface area contributed by atoms with E-state index in [4.69, 9.17) is 11.6 Å². The molecule has 0 radical (unpaired) electrons. The van der Waals surface area contributed by atoms with Crippen molar-refractivity contribution in [3.05, 3.63) is 63.2 Å². The summed E-state index contributed by atoms with van der Waals surface area (Å²) in [6, 6.07) is 6.76. The summed E-state index contributed by atoms with van der Waals surface area (Å²) < 4.78 is 40.8. The molecule has 1 aliphatic heterocycles. The van der Waals surface area contributed by atoms with E-state index in [1.807, 2.05) is 0 Å². The van der Waals surface area contributed by atoms with Crippen LogP contribution >= 0.6 is 11.6 Å². The van der Waals surface area contributed by atoms with Gasteiger partial charge in [0.15, 0.2) is 0 Å². The Morgan fingerprint density at radius 1 is 1.24 bits per heavy atom. The second kappa shape index (κ2) is 8.58. The molecular weight excluding hydrogens is 473 g/mol. The van der Waals surface area contributed by atoms with Crippen LogP contribution in [0.2, 0.25) is 5.02 Å². The quantitative estimate of drug-likeness (QED) is 0.365. The Morgan fingerprint density at radius 3 is 2.42 bits per heavy atom. The van der Waals surface area contributed by atoms with E-state index in [1.54, 1.807) is 0 Å². The zero-order chi connectivity index (χ0) is 24.6. The Bertz CT molecular complexity index is 1140. The van der Waals surface area contributed by atoms with Gasteiger partial charge in [0.25, 0.3) is 11.6 Å². The minimum Gasteiger partial charge on any atom is -0.406 e. The van der Waals surface area contributed by atoms with Gasteiger partial charge in [-0.05, 0) is 30.7 Å². The van der Waals surface area contributed by atoms with Crippen LogP contribution in [0.15, 0.2) is 42.5 Å². The maximum Gasteiger partial charge on any atom is 0.573 e. The number of nitro groups is 1. The Hall–Kier alpha value is -3.87. The number of nitro benzene ring substituents is 1. The minimum atomic E-state index is -4.89. The number of alkyl halides is 3. The summed E-state index contributed by atoms with van der Waals surface area (Å²) in [4.78, 5) is 48.3. The first kappa shape index (κ1) is 23.8. The fraction of sp³-hybridized carbons (Fsp3) is 0.211. The molecule has 2 aromatic carbocycles. The van der Waals surface area contributed by atoms with E-state index in [0.29, 0.717) is 4.90 Å². The van der Waals surface area contributed by atoms with Crippen LogP contribution in [-0.4, -0.2) is 40.6 Å². The maximum atomic E-state index is 12.9. The summed E-state index contributed by atoms with van der Waals surface area (Å²) in [7, 11) is 0. The third-order valence-electron chi connectivity index (χ3n) is 4.68. The topological polar surface area (TPSA) is 131 Å². The van der Waals surface area contributed by atoms with Crippen molar-refractivity contribution in [3.8, 4) is 5.75 Å². The number of halogens is 4. The average Bonchev–Trinajstić information content (AvgIpc) is 2.92. The van der Waals surface area contributed by atoms with Gasteiger partial charge in [-0.15, -0.1) is 13.2 Å². The van der Waals surface area contributed by atoms with Crippen LogP contribution in [-0.2, 0) is 15.1 Å². The Kier molecular flexibility index (Phi) is 6.18. The van der Waals surface area contributed by atoms with E-state index in [9.17, 15) is 37.7 Å². The van der Waals surface area contributed by atoms with Gasteiger partial charge in [0.1, 0.15) is 17.8 Å². The molecule has 10 nitrogen and oxygen atoms in total. The number of urea groups is 1. The number of nitrogens with zero attached hydrogens (tertiary/aromatic N) is 2. The van der Waals surface area contributed by atoms with Crippen molar-refractivity contribution in [2.24, 2.45) is 0 Å². The van der Waals surface area contributed by atoms with Crippen molar-refractivity contribution in [1.82, 2.24) is 10.2 Å². The number of nitrogens with one attached hydrogen (secondary N) is 2. The highest BCUT2D eigenvalue weighted by atomic mass is 35.5. The number of amides is 4.